The molecule has 2 rings (SSSR count). The number of carbonyl (C=O) groups excluding carboxylic acids is 1. The third-order valence-corrected chi connectivity index (χ3v) is 3.93. The Kier molecular flexibility index (Phi) is 5.68. The molecule has 1 aliphatic heterocycles. The zero-order valence-electron chi connectivity index (χ0n) is 14.9. The summed E-state index contributed by atoms with van der Waals surface area (Å²) in [4.78, 5) is 14.2. The molecule has 1 amide bonds. The monoisotopic (exact) mass is 323 g/mol. The molecule has 2 atom stereocenters. The molecule has 1 N–H and O–H groups in total. The molecule has 6 nitrogen and oxygen atoms in total. The van der Waals surface area contributed by atoms with Crippen LogP contribution in [0.3, 0.4) is 0 Å². The Morgan fingerprint density at radius 1 is 1.57 bits per heavy atom. The van der Waals surface area contributed by atoms with E-state index in [0.29, 0.717) is 6.54 Å². The highest BCUT2D eigenvalue weighted by molar-refractivity contribution is 5.68. The van der Waals surface area contributed by atoms with Crippen molar-refractivity contribution in [3.63, 3.8) is 0 Å². The Morgan fingerprint density at radius 2 is 2.30 bits per heavy atom. The summed E-state index contributed by atoms with van der Waals surface area (Å²) in [6.45, 7) is 11.2. The summed E-state index contributed by atoms with van der Waals surface area (Å²) in [6, 6.07) is 2.46. The van der Waals surface area contributed by atoms with Crippen LogP contribution in [0.25, 0.3) is 0 Å². The molecule has 0 bridgehead atoms. The number of hydrogen-bond acceptors (Lipinski definition) is 5. The van der Waals surface area contributed by atoms with Crippen molar-refractivity contribution in [3.8, 4) is 0 Å². The summed E-state index contributed by atoms with van der Waals surface area (Å²) < 4.78 is 10.7. The standard InChI is InChI=1S/C17H29N3O3/c1-12(18-11-15-10-13(2)19-23-15)9-14-7-6-8-20(14)16(21)22-17(3,4)5/h10,12,14,18H,6-9,11H2,1-5H3. The van der Waals surface area contributed by atoms with Gasteiger partial charge in [0.05, 0.1) is 12.2 Å². The molecule has 130 valence electrons. The lowest BCUT2D eigenvalue weighted by Gasteiger charge is -2.30. The fourth-order valence-electron chi connectivity index (χ4n) is 2.91. The number of likely N-dealkylation sites (tertiary alicyclic amines) is 1. The van der Waals surface area contributed by atoms with Crippen LogP contribution in [0, 0.1) is 6.92 Å². The van der Waals surface area contributed by atoms with Crippen LogP contribution in [-0.4, -0.2) is 40.4 Å². The number of aromatic nitrogens is 1. The van der Waals surface area contributed by atoms with E-state index in [1.807, 2.05) is 38.7 Å². The van der Waals surface area contributed by atoms with Crippen molar-refractivity contribution in [1.82, 2.24) is 15.4 Å². The highest BCUT2D eigenvalue weighted by Crippen LogP contribution is 2.24. The second-order valence-corrected chi connectivity index (χ2v) is 7.42. The molecule has 0 saturated carbocycles. The number of amides is 1. The van der Waals surface area contributed by atoms with Crippen molar-refractivity contribution in [2.45, 2.75) is 78.1 Å². The maximum Gasteiger partial charge on any atom is 0.410 e. The molecule has 1 saturated heterocycles. The Labute approximate surface area is 138 Å². The van der Waals surface area contributed by atoms with Gasteiger partial charge in [0.25, 0.3) is 0 Å². The van der Waals surface area contributed by atoms with Gasteiger partial charge in [-0.2, -0.15) is 0 Å². The summed E-state index contributed by atoms with van der Waals surface area (Å²) in [5, 5.41) is 7.32. The zero-order chi connectivity index (χ0) is 17.0. The van der Waals surface area contributed by atoms with Crippen molar-refractivity contribution < 1.29 is 14.1 Å². The molecule has 1 aromatic heterocycles. The van der Waals surface area contributed by atoms with Crippen LogP contribution in [0.2, 0.25) is 0 Å². The quantitative estimate of drug-likeness (QED) is 0.901. The van der Waals surface area contributed by atoms with E-state index in [1.165, 1.54) is 0 Å². The van der Waals surface area contributed by atoms with Crippen LogP contribution < -0.4 is 5.32 Å². The SMILES string of the molecule is Cc1cc(CNC(C)CC2CCCN2C(=O)OC(C)(C)C)on1. The largest absolute Gasteiger partial charge is 0.444 e. The Hall–Kier alpha value is -1.56. The third-order valence-electron chi connectivity index (χ3n) is 3.93. The summed E-state index contributed by atoms with van der Waals surface area (Å²) >= 11 is 0. The second kappa shape index (κ2) is 7.34. The molecule has 0 aromatic carbocycles. The predicted molar refractivity (Wildman–Crippen MR) is 88.1 cm³/mol. The smallest absolute Gasteiger partial charge is 0.410 e. The highest BCUT2D eigenvalue weighted by atomic mass is 16.6. The van der Waals surface area contributed by atoms with Gasteiger partial charge in [0.15, 0.2) is 5.76 Å². The first kappa shape index (κ1) is 17.8. The number of aryl methyl sites for hydroxylation is 1. The average Bonchev–Trinajstić information content (AvgIpc) is 3.03. The summed E-state index contributed by atoms with van der Waals surface area (Å²) in [5.41, 5.74) is 0.444. The molecule has 1 aliphatic rings. The van der Waals surface area contributed by atoms with Gasteiger partial charge in [0, 0.05) is 24.7 Å². The lowest BCUT2D eigenvalue weighted by Crippen LogP contribution is -2.42. The van der Waals surface area contributed by atoms with Crippen LogP contribution >= 0.6 is 0 Å². The van der Waals surface area contributed by atoms with Crippen molar-refractivity contribution in [2.75, 3.05) is 6.54 Å². The molecule has 0 aliphatic carbocycles. The molecular weight excluding hydrogens is 294 g/mol. The lowest BCUT2D eigenvalue weighted by atomic mass is 10.1. The van der Waals surface area contributed by atoms with Gasteiger partial charge >= 0.3 is 6.09 Å². The maximum absolute atomic E-state index is 12.3. The molecule has 2 unspecified atom stereocenters. The molecule has 0 spiro atoms. The molecule has 0 radical (unpaired) electrons. The van der Waals surface area contributed by atoms with E-state index in [2.05, 4.69) is 17.4 Å². The minimum atomic E-state index is -0.446. The fraction of sp³-hybridized carbons (Fsp3) is 0.765. The van der Waals surface area contributed by atoms with E-state index < -0.39 is 5.60 Å². The van der Waals surface area contributed by atoms with Gasteiger partial charge < -0.3 is 19.5 Å². The average molecular weight is 323 g/mol. The maximum atomic E-state index is 12.3. The van der Waals surface area contributed by atoms with E-state index in [1.54, 1.807) is 0 Å². The van der Waals surface area contributed by atoms with Gasteiger partial charge in [-0.3, -0.25) is 0 Å². The predicted octanol–water partition coefficient (Wildman–Crippen LogP) is 3.25. The zero-order valence-corrected chi connectivity index (χ0v) is 14.9. The summed E-state index contributed by atoms with van der Waals surface area (Å²) in [6.07, 6.45) is 2.79. The first-order valence-corrected chi connectivity index (χ1v) is 8.40. The van der Waals surface area contributed by atoms with Crippen LogP contribution in [-0.2, 0) is 11.3 Å². The van der Waals surface area contributed by atoms with Crippen LogP contribution in [0.1, 0.15) is 58.4 Å². The van der Waals surface area contributed by atoms with Gasteiger partial charge in [-0.25, -0.2) is 4.79 Å². The number of carbonyl (C=O) groups is 1. The van der Waals surface area contributed by atoms with Gasteiger partial charge in [-0.1, -0.05) is 5.16 Å². The number of nitrogens with zero attached hydrogens (tertiary/aromatic N) is 2. The number of rotatable bonds is 5. The molecule has 1 fully saturated rings. The first-order chi connectivity index (χ1) is 10.7. The number of hydrogen-bond donors (Lipinski definition) is 1. The van der Waals surface area contributed by atoms with Crippen molar-refractivity contribution in [2.24, 2.45) is 0 Å². The molecule has 1 aromatic rings. The number of nitrogens with one attached hydrogen (secondary N) is 1. The topological polar surface area (TPSA) is 67.6 Å². The fourth-order valence-corrected chi connectivity index (χ4v) is 2.91. The molecular formula is C17H29N3O3. The van der Waals surface area contributed by atoms with E-state index in [9.17, 15) is 4.79 Å². The Balaban J connectivity index is 1.81. The third kappa shape index (κ3) is 5.53. The minimum Gasteiger partial charge on any atom is -0.444 e. The lowest BCUT2D eigenvalue weighted by molar-refractivity contribution is 0.0214. The van der Waals surface area contributed by atoms with Crippen molar-refractivity contribution >= 4 is 6.09 Å². The number of ether oxygens (including phenoxy) is 1. The molecule has 6 heteroatoms. The van der Waals surface area contributed by atoms with E-state index in [0.717, 1.165) is 37.3 Å². The van der Waals surface area contributed by atoms with E-state index in [-0.39, 0.29) is 18.2 Å². The van der Waals surface area contributed by atoms with E-state index >= 15 is 0 Å². The Morgan fingerprint density at radius 3 is 2.91 bits per heavy atom. The van der Waals surface area contributed by atoms with Gasteiger partial charge in [0.1, 0.15) is 5.60 Å². The summed E-state index contributed by atoms with van der Waals surface area (Å²) in [5.74, 6) is 0.838. The van der Waals surface area contributed by atoms with Gasteiger partial charge in [0.2, 0.25) is 0 Å². The summed E-state index contributed by atoms with van der Waals surface area (Å²) in [7, 11) is 0. The highest BCUT2D eigenvalue weighted by Gasteiger charge is 2.32. The minimum absolute atomic E-state index is 0.196. The van der Waals surface area contributed by atoms with Crippen LogP contribution in [0.4, 0.5) is 4.79 Å². The Bertz CT molecular complexity index is 521. The van der Waals surface area contributed by atoms with Crippen LogP contribution in [0.5, 0.6) is 0 Å². The van der Waals surface area contributed by atoms with Gasteiger partial charge in [-0.05, 0) is 53.9 Å². The molecule has 23 heavy (non-hydrogen) atoms. The van der Waals surface area contributed by atoms with E-state index in [4.69, 9.17) is 9.26 Å². The second-order valence-electron chi connectivity index (χ2n) is 7.42. The van der Waals surface area contributed by atoms with Gasteiger partial charge in [-0.15, -0.1) is 0 Å². The van der Waals surface area contributed by atoms with Crippen molar-refractivity contribution in [3.05, 3.63) is 17.5 Å². The first-order valence-electron chi connectivity index (χ1n) is 8.40. The normalized spacial score (nSPS) is 19.9. The molecule has 2 heterocycles. The van der Waals surface area contributed by atoms with Crippen LogP contribution in [0.15, 0.2) is 10.6 Å². The van der Waals surface area contributed by atoms with Crippen molar-refractivity contribution in [1.29, 1.82) is 0 Å².